The highest BCUT2D eigenvalue weighted by atomic mass is 32.2. The lowest BCUT2D eigenvalue weighted by Gasteiger charge is -2.32. The van der Waals surface area contributed by atoms with Crippen LogP contribution < -0.4 is 0 Å². The third-order valence-corrected chi connectivity index (χ3v) is 5.67. The van der Waals surface area contributed by atoms with Crippen molar-refractivity contribution in [1.82, 2.24) is 9.21 Å². The number of carbonyl (C=O) groups is 1. The molecule has 0 unspecified atom stereocenters. The molecular weight excluding hydrogens is 333 g/mol. The molecule has 0 aliphatic carbocycles. The monoisotopic (exact) mass is 350 g/mol. The fourth-order valence-corrected chi connectivity index (χ4v) is 4.15. The molecule has 1 aromatic rings. The maximum Gasteiger partial charge on any atom is 0.246 e. The second-order valence-electron chi connectivity index (χ2n) is 5.61. The van der Waals surface area contributed by atoms with Gasteiger partial charge in [0, 0.05) is 27.2 Å². The molecule has 1 fully saturated rings. The molecule has 1 aliphatic heterocycles. The highest BCUT2D eigenvalue weighted by molar-refractivity contribution is 7.89. The number of benzene rings is 1. The SMILES string of the molecule is CN(C)C(=O)[C@H]1CCCN(S(=O)(=O)c2ccc(F)c(F)c2F)C1. The number of hydrogen-bond acceptors (Lipinski definition) is 3. The maximum absolute atomic E-state index is 13.8. The summed E-state index contributed by atoms with van der Waals surface area (Å²) in [5.74, 6) is -5.80. The Balaban J connectivity index is 2.33. The molecule has 0 radical (unpaired) electrons. The van der Waals surface area contributed by atoms with Crippen molar-refractivity contribution in [3.8, 4) is 0 Å². The quantitative estimate of drug-likeness (QED) is 0.778. The zero-order valence-corrected chi connectivity index (χ0v) is 13.5. The Morgan fingerprint density at radius 2 is 1.87 bits per heavy atom. The molecule has 0 spiro atoms. The average Bonchev–Trinajstić information content (AvgIpc) is 2.51. The summed E-state index contributed by atoms with van der Waals surface area (Å²) in [6.07, 6.45) is 0.943. The summed E-state index contributed by atoms with van der Waals surface area (Å²) in [5, 5.41) is 0. The van der Waals surface area contributed by atoms with Gasteiger partial charge in [-0.1, -0.05) is 0 Å². The zero-order chi connectivity index (χ0) is 17.4. The number of nitrogens with zero attached hydrogens (tertiary/aromatic N) is 2. The van der Waals surface area contributed by atoms with Crippen molar-refractivity contribution in [2.75, 3.05) is 27.2 Å². The minimum Gasteiger partial charge on any atom is -0.349 e. The first kappa shape index (κ1) is 17.7. The molecule has 0 aromatic heterocycles. The molecule has 0 saturated carbocycles. The van der Waals surface area contributed by atoms with E-state index in [1.165, 1.54) is 4.90 Å². The predicted octanol–water partition coefficient (Wildman–Crippen LogP) is 1.59. The van der Waals surface area contributed by atoms with Crippen LogP contribution in [0.25, 0.3) is 0 Å². The van der Waals surface area contributed by atoms with Crippen LogP contribution in [0.1, 0.15) is 12.8 Å². The van der Waals surface area contributed by atoms with E-state index in [1.54, 1.807) is 14.1 Å². The number of amides is 1. The van der Waals surface area contributed by atoms with Crippen LogP contribution in [-0.4, -0.2) is 50.7 Å². The number of halogens is 3. The standard InChI is InChI=1S/C14H17F3N2O3S/c1-18(2)14(20)9-4-3-7-19(8-9)23(21,22)11-6-5-10(15)12(16)13(11)17/h5-6,9H,3-4,7-8H2,1-2H3/t9-/m0/s1. The first-order valence-electron chi connectivity index (χ1n) is 7.01. The minimum atomic E-state index is -4.34. The first-order chi connectivity index (χ1) is 10.7. The van der Waals surface area contributed by atoms with Gasteiger partial charge in [-0.15, -0.1) is 0 Å². The number of rotatable bonds is 3. The van der Waals surface area contributed by atoms with Gasteiger partial charge in [-0.25, -0.2) is 21.6 Å². The van der Waals surface area contributed by atoms with Crippen LogP contribution in [0.4, 0.5) is 13.2 Å². The van der Waals surface area contributed by atoms with Gasteiger partial charge in [-0.3, -0.25) is 4.79 Å². The van der Waals surface area contributed by atoms with Crippen LogP contribution in [0.3, 0.4) is 0 Å². The fourth-order valence-electron chi connectivity index (χ4n) is 2.57. The molecule has 1 aromatic carbocycles. The normalized spacial score (nSPS) is 19.6. The van der Waals surface area contributed by atoms with E-state index >= 15 is 0 Å². The molecule has 1 amide bonds. The van der Waals surface area contributed by atoms with Gasteiger partial charge in [-0.2, -0.15) is 4.31 Å². The van der Waals surface area contributed by atoms with Crippen molar-refractivity contribution < 1.29 is 26.4 Å². The lowest BCUT2D eigenvalue weighted by atomic mass is 9.98. The summed E-state index contributed by atoms with van der Waals surface area (Å²) in [6, 6.07) is 1.26. The lowest BCUT2D eigenvalue weighted by Crippen LogP contribution is -2.45. The molecule has 1 saturated heterocycles. The van der Waals surface area contributed by atoms with E-state index in [1.807, 2.05) is 0 Å². The van der Waals surface area contributed by atoms with Crippen LogP contribution in [0.2, 0.25) is 0 Å². The smallest absolute Gasteiger partial charge is 0.246 e. The molecule has 23 heavy (non-hydrogen) atoms. The number of carbonyl (C=O) groups excluding carboxylic acids is 1. The maximum atomic E-state index is 13.8. The first-order valence-corrected chi connectivity index (χ1v) is 8.45. The van der Waals surface area contributed by atoms with Gasteiger partial charge in [-0.05, 0) is 25.0 Å². The van der Waals surface area contributed by atoms with Crippen LogP contribution in [-0.2, 0) is 14.8 Å². The molecule has 128 valence electrons. The molecule has 1 aliphatic rings. The number of hydrogen-bond donors (Lipinski definition) is 0. The summed E-state index contributed by atoms with van der Waals surface area (Å²) < 4.78 is 66.0. The summed E-state index contributed by atoms with van der Waals surface area (Å²) in [7, 11) is -1.22. The van der Waals surface area contributed by atoms with Crippen molar-refractivity contribution in [1.29, 1.82) is 0 Å². The van der Waals surface area contributed by atoms with E-state index < -0.39 is 38.3 Å². The van der Waals surface area contributed by atoms with Crippen molar-refractivity contribution in [2.24, 2.45) is 5.92 Å². The molecule has 5 nitrogen and oxygen atoms in total. The second kappa shape index (κ2) is 6.48. The highest BCUT2D eigenvalue weighted by Gasteiger charge is 2.36. The van der Waals surface area contributed by atoms with Crippen LogP contribution in [0.5, 0.6) is 0 Å². The molecule has 2 rings (SSSR count). The van der Waals surface area contributed by atoms with E-state index in [-0.39, 0.29) is 19.0 Å². The van der Waals surface area contributed by atoms with Gasteiger partial charge in [0.25, 0.3) is 0 Å². The van der Waals surface area contributed by atoms with E-state index in [0.717, 1.165) is 4.31 Å². The number of piperidine rings is 1. The predicted molar refractivity (Wildman–Crippen MR) is 76.5 cm³/mol. The summed E-state index contributed by atoms with van der Waals surface area (Å²) >= 11 is 0. The minimum absolute atomic E-state index is 0.0952. The van der Waals surface area contributed by atoms with Crippen molar-refractivity contribution in [3.05, 3.63) is 29.6 Å². The van der Waals surface area contributed by atoms with Crippen molar-refractivity contribution >= 4 is 15.9 Å². The van der Waals surface area contributed by atoms with Gasteiger partial charge in [0.2, 0.25) is 15.9 Å². The van der Waals surface area contributed by atoms with E-state index in [4.69, 9.17) is 0 Å². The largest absolute Gasteiger partial charge is 0.349 e. The van der Waals surface area contributed by atoms with E-state index in [9.17, 15) is 26.4 Å². The molecule has 1 atom stereocenters. The Bertz CT molecular complexity index is 722. The van der Waals surface area contributed by atoms with Crippen molar-refractivity contribution in [3.63, 3.8) is 0 Å². The Kier molecular flexibility index (Phi) is 5.00. The lowest BCUT2D eigenvalue weighted by molar-refractivity contribution is -0.134. The highest BCUT2D eigenvalue weighted by Crippen LogP contribution is 2.27. The summed E-state index contributed by atoms with van der Waals surface area (Å²) in [5.41, 5.74) is 0. The van der Waals surface area contributed by atoms with Gasteiger partial charge in [0.1, 0.15) is 4.90 Å². The van der Waals surface area contributed by atoms with E-state index in [0.29, 0.717) is 25.0 Å². The molecule has 0 N–H and O–H groups in total. The third kappa shape index (κ3) is 3.35. The fraction of sp³-hybridized carbons (Fsp3) is 0.500. The Labute approximate surface area is 132 Å². The van der Waals surface area contributed by atoms with E-state index in [2.05, 4.69) is 0 Å². The van der Waals surface area contributed by atoms with Crippen LogP contribution in [0.15, 0.2) is 17.0 Å². The molecular formula is C14H17F3N2O3S. The Morgan fingerprint density at radius 1 is 1.22 bits per heavy atom. The summed E-state index contributed by atoms with van der Waals surface area (Å²) in [4.78, 5) is 12.4. The molecule has 9 heteroatoms. The topological polar surface area (TPSA) is 57.7 Å². The van der Waals surface area contributed by atoms with Crippen LogP contribution in [0, 0.1) is 23.4 Å². The van der Waals surface area contributed by atoms with Gasteiger partial charge < -0.3 is 4.90 Å². The third-order valence-electron chi connectivity index (χ3n) is 3.79. The van der Waals surface area contributed by atoms with Gasteiger partial charge in [0.05, 0.1) is 5.92 Å². The Hall–Kier alpha value is -1.61. The van der Waals surface area contributed by atoms with Gasteiger partial charge >= 0.3 is 0 Å². The zero-order valence-electron chi connectivity index (χ0n) is 12.7. The van der Waals surface area contributed by atoms with Gasteiger partial charge in [0.15, 0.2) is 17.5 Å². The van der Waals surface area contributed by atoms with Crippen LogP contribution >= 0.6 is 0 Å². The average molecular weight is 350 g/mol. The molecule has 0 bridgehead atoms. The second-order valence-corrected chi connectivity index (χ2v) is 7.51. The van der Waals surface area contributed by atoms with Crippen molar-refractivity contribution in [2.45, 2.75) is 17.7 Å². The number of sulfonamides is 1. The molecule has 1 heterocycles. The Morgan fingerprint density at radius 3 is 2.48 bits per heavy atom. The summed E-state index contributed by atoms with van der Waals surface area (Å²) in [6.45, 7) is -0.0181.